The first kappa shape index (κ1) is 13.2. The number of imidazole rings is 1. The molecule has 0 fully saturated rings. The van der Waals surface area contributed by atoms with Crippen LogP contribution in [0, 0.1) is 5.82 Å². The van der Waals surface area contributed by atoms with Gasteiger partial charge in [-0.1, -0.05) is 6.07 Å². The van der Waals surface area contributed by atoms with Gasteiger partial charge in [-0.25, -0.2) is 9.37 Å². The topological polar surface area (TPSA) is 59.2 Å². The Morgan fingerprint density at radius 2 is 1.86 bits per heavy atom. The van der Waals surface area contributed by atoms with Crippen molar-refractivity contribution in [1.29, 1.82) is 0 Å². The lowest BCUT2D eigenvalue weighted by atomic mass is 10.3. The molecule has 1 heterocycles. The molecule has 0 saturated carbocycles. The summed E-state index contributed by atoms with van der Waals surface area (Å²) < 4.78 is 23.7. The number of hydrogen-bond acceptors (Lipinski definition) is 4. The first-order valence-electron chi connectivity index (χ1n) is 6.34. The molecule has 0 bridgehead atoms. The van der Waals surface area contributed by atoms with Crippen molar-refractivity contribution < 1.29 is 13.9 Å². The molecule has 0 saturated heterocycles. The number of anilines is 2. The van der Waals surface area contributed by atoms with E-state index in [4.69, 9.17) is 9.47 Å². The van der Waals surface area contributed by atoms with Crippen molar-refractivity contribution in [3.05, 3.63) is 42.2 Å². The standard InChI is InChI=1S/C15H14FN3O2/c1-20-13-7-11-12(8-14(13)21-2)19-15(18-11)17-10-5-3-4-9(16)6-10/h3-8H,1-2H3,(H2,17,18,19). The van der Waals surface area contributed by atoms with E-state index in [1.807, 2.05) is 0 Å². The summed E-state index contributed by atoms with van der Waals surface area (Å²) in [4.78, 5) is 7.51. The fraction of sp³-hybridized carbons (Fsp3) is 0.133. The minimum Gasteiger partial charge on any atom is -0.493 e. The van der Waals surface area contributed by atoms with Crippen molar-refractivity contribution in [2.45, 2.75) is 0 Å². The zero-order valence-corrected chi connectivity index (χ0v) is 11.6. The maximum absolute atomic E-state index is 13.2. The van der Waals surface area contributed by atoms with E-state index in [1.165, 1.54) is 12.1 Å². The molecule has 21 heavy (non-hydrogen) atoms. The Morgan fingerprint density at radius 1 is 1.10 bits per heavy atom. The number of nitrogens with one attached hydrogen (secondary N) is 2. The van der Waals surface area contributed by atoms with Crippen LogP contribution in [0.1, 0.15) is 0 Å². The summed E-state index contributed by atoms with van der Waals surface area (Å²) in [6, 6.07) is 9.76. The summed E-state index contributed by atoms with van der Waals surface area (Å²) in [6.45, 7) is 0. The minimum absolute atomic E-state index is 0.306. The van der Waals surface area contributed by atoms with Gasteiger partial charge in [-0.15, -0.1) is 0 Å². The van der Waals surface area contributed by atoms with Gasteiger partial charge in [-0.05, 0) is 18.2 Å². The second-order valence-corrected chi connectivity index (χ2v) is 4.45. The second kappa shape index (κ2) is 5.32. The molecule has 5 nitrogen and oxygen atoms in total. The summed E-state index contributed by atoms with van der Waals surface area (Å²) in [5.41, 5.74) is 2.14. The zero-order chi connectivity index (χ0) is 14.8. The number of fused-ring (bicyclic) bond motifs is 1. The number of aromatic amines is 1. The van der Waals surface area contributed by atoms with Gasteiger partial charge in [-0.2, -0.15) is 0 Å². The molecule has 108 valence electrons. The summed E-state index contributed by atoms with van der Waals surface area (Å²) in [7, 11) is 3.15. The fourth-order valence-corrected chi connectivity index (χ4v) is 2.10. The van der Waals surface area contributed by atoms with Crippen molar-refractivity contribution in [3.8, 4) is 11.5 Å². The van der Waals surface area contributed by atoms with E-state index in [1.54, 1.807) is 38.5 Å². The van der Waals surface area contributed by atoms with Crippen LogP contribution in [-0.2, 0) is 0 Å². The molecule has 0 aliphatic carbocycles. The lowest BCUT2D eigenvalue weighted by Crippen LogP contribution is -1.92. The lowest BCUT2D eigenvalue weighted by Gasteiger charge is -2.06. The van der Waals surface area contributed by atoms with Gasteiger partial charge in [0.25, 0.3) is 0 Å². The third-order valence-corrected chi connectivity index (χ3v) is 3.07. The van der Waals surface area contributed by atoms with Gasteiger partial charge in [0.1, 0.15) is 5.82 Å². The highest BCUT2D eigenvalue weighted by Crippen LogP contribution is 2.32. The summed E-state index contributed by atoms with van der Waals surface area (Å²) in [6.07, 6.45) is 0. The number of nitrogens with zero attached hydrogens (tertiary/aromatic N) is 1. The van der Waals surface area contributed by atoms with Crippen molar-refractivity contribution >= 4 is 22.7 Å². The van der Waals surface area contributed by atoms with Crippen LogP contribution in [0.3, 0.4) is 0 Å². The molecule has 1 aromatic heterocycles. The van der Waals surface area contributed by atoms with Crippen LogP contribution in [0.25, 0.3) is 11.0 Å². The van der Waals surface area contributed by atoms with E-state index >= 15 is 0 Å². The maximum Gasteiger partial charge on any atom is 0.205 e. The highest BCUT2D eigenvalue weighted by molar-refractivity contribution is 5.82. The fourth-order valence-electron chi connectivity index (χ4n) is 2.10. The van der Waals surface area contributed by atoms with Gasteiger partial charge >= 0.3 is 0 Å². The first-order valence-corrected chi connectivity index (χ1v) is 6.34. The SMILES string of the molecule is COc1cc2nc(Nc3cccc(F)c3)[nH]c2cc1OC. The molecule has 0 amide bonds. The lowest BCUT2D eigenvalue weighted by molar-refractivity contribution is 0.356. The highest BCUT2D eigenvalue weighted by atomic mass is 19.1. The van der Waals surface area contributed by atoms with Crippen molar-refractivity contribution in [2.75, 3.05) is 19.5 Å². The molecule has 2 aromatic carbocycles. The van der Waals surface area contributed by atoms with Crippen LogP contribution in [0.15, 0.2) is 36.4 Å². The summed E-state index contributed by atoms with van der Waals surface area (Å²) in [5, 5.41) is 3.02. The number of aromatic nitrogens is 2. The number of hydrogen-bond donors (Lipinski definition) is 2. The second-order valence-electron chi connectivity index (χ2n) is 4.45. The Balaban J connectivity index is 1.97. The van der Waals surface area contributed by atoms with E-state index in [0.29, 0.717) is 23.1 Å². The van der Waals surface area contributed by atoms with E-state index in [-0.39, 0.29) is 5.82 Å². The highest BCUT2D eigenvalue weighted by Gasteiger charge is 2.10. The van der Waals surface area contributed by atoms with E-state index < -0.39 is 0 Å². The Labute approximate surface area is 120 Å². The van der Waals surface area contributed by atoms with Gasteiger partial charge in [0.15, 0.2) is 11.5 Å². The predicted octanol–water partition coefficient (Wildman–Crippen LogP) is 3.46. The number of H-pyrrole nitrogens is 1. The Morgan fingerprint density at radius 3 is 2.57 bits per heavy atom. The monoisotopic (exact) mass is 287 g/mol. The molecule has 3 rings (SSSR count). The molecule has 6 heteroatoms. The molecule has 0 radical (unpaired) electrons. The predicted molar refractivity (Wildman–Crippen MR) is 78.9 cm³/mol. The number of methoxy groups -OCH3 is 2. The Bertz CT molecular complexity index is 745. The van der Waals surface area contributed by atoms with E-state index in [2.05, 4.69) is 15.3 Å². The minimum atomic E-state index is -0.306. The number of rotatable bonds is 4. The number of ether oxygens (including phenoxy) is 2. The summed E-state index contributed by atoms with van der Waals surface area (Å²) in [5.74, 6) is 1.44. The van der Waals surface area contributed by atoms with Crippen LogP contribution in [0.4, 0.5) is 16.0 Å². The zero-order valence-electron chi connectivity index (χ0n) is 11.6. The molecular weight excluding hydrogens is 273 g/mol. The third-order valence-electron chi connectivity index (χ3n) is 3.07. The molecule has 2 N–H and O–H groups in total. The molecular formula is C15H14FN3O2. The van der Waals surface area contributed by atoms with Crippen LogP contribution in [-0.4, -0.2) is 24.2 Å². The van der Waals surface area contributed by atoms with Crippen molar-refractivity contribution in [2.24, 2.45) is 0 Å². The van der Waals surface area contributed by atoms with E-state index in [9.17, 15) is 4.39 Å². The molecule has 0 aliphatic heterocycles. The Kier molecular flexibility index (Phi) is 3.35. The molecule has 3 aromatic rings. The average molecular weight is 287 g/mol. The molecule has 0 aliphatic rings. The Hall–Kier alpha value is -2.76. The largest absolute Gasteiger partial charge is 0.493 e. The summed E-state index contributed by atoms with van der Waals surface area (Å²) >= 11 is 0. The van der Waals surface area contributed by atoms with Gasteiger partial charge in [-0.3, -0.25) is 0 Å². The number of benzene rings is 2. The van der Waals surface area contributed by atoms with Gasteiger partial charge in [0.2, 0.25) is 5.95 Å². The number of halogens is 1. The first-order chi connectivity index (χ1) is 10.2. The maximum atomic E-state index is 13.2. The molecule has 0 atom stereocenters. The smallest absolute Gasteiger partial charge is 0.205 e. The quantitative estimate of drug-likeness (QED) is 0.771. The normalized spacial score (nSPS) is 10.6. The van der Waals surface area contributed by atoms with Crippen LogP contribution < -0.4 is 14.8 Å². The third kappa shape index (κ3) is 2.60. The van der Waals surface area contributed by atoms with Crippen molar-refractivity contribution in [1.82, 2.24) is 9.97 Å². The van der Waals surface area contributed by atoms with Crippen LogP contribution >= 0.6 is 0 Å². The average Bonchev–Trinajstić information content (AvgIpc) is 2.86. The van der Waals surface area contributed by atoms with E-state index in [0.717, 1.165) is 11.0 Å². The van der Waals surface area contributed by atoms with Crippen molar-refractivity contribution in [3.63, 3.8) is 0 Å². The molecule has 0 unspecified atom stereocenters. The van der Waals surface area contributed by atoms with Gasteiger partial charge < -0.3 is 19.8 Å². The molecule has 0 spiro atoms. The van der Waals surface area contributed by atoms with Gasteiger partial charge in [0.05, 0.1) is 25.3 Å². The van der Waals surface area contributed by atoms with Gasteiger partial charge in [0, 0.05) is 17.8 Å². The van der Waals surface area contributed by atoms with Crippen LogP contribution in [0.2, 0.25) is 0 Å². The van der Waals surface area contributed by atoms with Crippen LogP contribution in [0.5, 0.6) is 11.5 Å².